The van der Waals surface area contributed by atoms with E-state index in [1.54, 1.807) is 12.3 Å². The highest BCUT2D eigenvalue weighted by Crippen LogP contribution is 2.24. The summed E-state index contributed by atoms with van der Waals surface area (Å²) < 4.78 is 1.90. The zero-order valence-corrected chi connectivity index (χ0v) is 12.4. The van der Waals surface area contributed by atoms with Crippen LogP contribution in [0.2, 0.25) is 10.0 Å². The number of pyridine rings is 1. The fraction of sp³-hybridized carbons (Fsp3) is 0.385. The summed E-state index contributed by atoms with van der Waals surface area (Å²) in [4.78, 5) is 4.19. The zero-order chi connectivity index (χ0) is 14.0. The molecule has 2 rings (SSSR count). The Morgan fingerprint density at radius 2 is 2.11 bits per heavy atom. The van der Waals surface area contributed by atoms with Crippen LogP contribution in [-0.4, -0.2) is 14.8 Å². The summed E-state index contributed by atoms with van der Waals surface area (Å²) in [7, 11) is 0. The number of nitrogens with two attached hydrogens (primary N) is 1. The van der Waals surface area contributed by atoms with E-state index in [-0.39, 0.29) is 6.04 Å². The third kappa shape index (κ3) is 3.47. The summed E-state index contributed by atoms with van der Waals surface area (Å²) in [5.41, 5.74) is 7.69. The number of halogens is 2. The van der Waals surface area contributed by atoms with Gasteiger partial charge in [0.2, 0.25) is 0 Å². The van der Waals surface area contributed by atoms with Crippen molar-refractivity contribution in [2.75, 3.05) is 0 Å². The highest BCUT2D eigenvalue weighted by molar-refractivity contribution is 6.34. The van der Waals surface area contributed by atoms with Crippen LogP contribution in [0.15, 0.2) is 24.5 Å². The molecule has 0 spiro atoms. The van der Waals surface area contributed by atoms with E-state index in [0.29, 0.717) is 28.2 Å². The quantitative estimate of drug-likeness (QED) is 0.941. The molecule has 2 aromatic rings. The molecule has 0 aliphatic rings. The standard InChI is InChI=1S/C13H16Cl2N4/c1-8(2)19-4-3-10(18-19)6-12(16)13-11(15)5-9(14)7-17-13/h3-5,7-8,12H,6,16H2,1-2H3. The van der Waals surface area contributed by atoms with Crippen molar-refractivity contribution in [2.45, 2.75) is 32.4 Å². The van der Waals surface area contributed by atoms with E-state index in [0.717, 1.165) is 5.69 Å². The number of aromatic nitrogens is 3. The molecule has 0 amide bonds. The Bertz CT molecular complexity index is 566. The molecule has 2 N–H and O–H groups in total. The topological polar surface area (TPSA) is 56.7 Å². The van der Waals surface area contributed by atoms with Crippen LogP contribution in [0.3, 0.4) is 0 Å². The Kier molecular flexibility index (Phi) is 4.45. The molecule has 19 heavy (non-hydrogen) atoms. The van der Waals surface area contributed by atoms with E-state index in [4.69, 9.17) is 28.9 Å². The fourth-order valence-corrected chi connectivity index (χ4v) is 2.31. The molecule has 1 atom stereocenters. The monoisotopic (exact) mass is 298 g/mol. The lowest BCUT2D eigenvalue weighted by Crippen LogP contribution is -2.16. The third-order valence-corrected chi connectivity index (χ3v) is 3.32. The van der Waals surface area contributed by atoms with Crippen LogP contribution in [0.1, 0.15) is 37.3 Å². The van der Waals surface area contributed by atoms with Gasteiger partial charge in [-0.2, -0.15) is 5.10 Å². The first-order valence-corrected chi connectivity index (χ1v) is 6.83. The molecule has 0 radical (unpaired) electrons. The first kappa shape index (κ1) is 14.3. The van der Waals surface area contributed by atoms with Gasteiger partial charge in [-0.15, -0.1) is 0 Å². The summed E-state index contributed by atoms with van der Waals surface area (Å²) in [6, 6.07) is 3.66. The van der Waals surface area contributed by atoms with Gasteiger partial charge in [-0.1, -0.05) is 23.2 Å². The molecule has 0 bridgehead atoms. The molecular formula is C13H16Cl2N4. The molecule has 6 heteroatoms. The van der Waals surface area contributed by atoms with Crippen LogP contribution in [0.5, 0.6) is 0 Å². The lowest BCUT2D eigenvalue weighted by atomic mass is 10.1. The lowest BCUT2D eigenvalue weighted by Gasteiger charge is -2.11. The van der Waals surface area contributed by atoms with Crippen LogP contribution < -0.4 is 5.73 Å². The smallest absolute Gasteiger partial charge is 0.0761 e. The molecular weight excluding hydrogens is 283 g/mol. The second-order valence-electron chi connectivity index (χ2n) is 4.71. The van der Waals surface area contributed by atoms with E-state index >= 15 is 0 Å². The number of hydrogen-bond donors (Lipinski definition) is 1. The van der Waals surface area contributed by atoms with E-state index in [9.17, 15) is 0 Å². The third-order valence-electron chi connectivity index (χ3n) is 2.81. The second-order valence-corrected chi connectivity index (χ2v) is 5.56. The molecule has 1 unspecified atom stereocenters. The van der Waals surface area contributed by atoms with Crippen molar-refractivity contribution in [3.05, 3.63) is 46.0 Å². The van der Waals surface area contributed by atoms with Gasteiger partial charge < -0.3 is 5.73 Å². The molecule has 0 aromatic carbocycles. The first-order chi connectivity index (χ1) is 8.97. The van der Waals surface area contributed by atoms with Gasteiger partial charge in [0.1, 0.15) is 0 Å². The summed E-state index contributed by atoms with van der Waals surface area (Å²) in [5.74, 6) is 0. The van der Waals surface area contributed by atoms with Crippen molar-refractivity contribution in [3.63, 3.8) is 0 Å². The van der Waals surface area contributed by atoms with Gasteiger partial charge in [-0.05, 0) is 26.0 Å². The molecule has 0 saturated carbocycles. The molecule has 0 saturated heterocycles. The van der Waals surface area contributed by atoms with Crippen LogP contribution in [-0.2, 0) is 6.42 Å². The SMILES string of the molecule is CC(C)n1ccc(CC(N)c2ncc(Cl)cc2Cl)n1. The fourth-order valence-electron chi connectivity index (χ4n) is 1.79. The average Bonchev–Trinajstić information content (AvgIpc) is 2.77. The maximum atomic E-state index is 6.12. The van der Waals surface area contributed by atoms with Gasteiger partial charge in [0.05, 0.1) is 27.5 Å². The van der Waals surface area contributed by atoms with Gasteiger partial charge >= 0.3 is 0 Å². The summed E-state index contributed by atoms with van der Waals surface area (Å²) in [5, 5.41) is 5.46. The van der Waals surface area contributed by atoms with Crippen molar-refractivity contribution in [1.29, 1.82) is 0 Å². The summed E-state index contributed by atoms with van der Waals surface area (Å²) in [6.45, 7) is 4.16. The lowest BCUT2D eigenvalue weighted by molar-refractivity contribution is 0.522. The Morgan fingerprint density at radius 1 is 1.37 bits per heavy atom. The predicted octanol–water partition coefficient (Wildman–Crippen LogP) is 3.41. The minimum atomic E-state index is -0.291. The zero-order valence-electron chi connectivity index (χ0n) is 10.8. The van der Waals surface area contributed by atoms with Gasteiger partial charge in [-0.3, -0.25) is 9.67 Å². The number of rotatable bonds is 4. The molecule has 0 aliphatic carbocycles. The van der Waals surface area contributed by atoms with Crippen molar-refractivity contribution >= 4 is 23.2 Å². The molecule has 0 fully saturated rings. The Balaban J connectivity index is 2.13. The highest BCUT2D eigenvalue weighted by Gasteiger charge is 2.14. The van der Waals surface area contributed by atoms with Gasteiger partial charge in [0.15, 0.2) is 0 Å². The second kappa shape index (κ2) is 5.90. The van der Waals surface area contributed by atoms with Gasteiger partial charge in [0.25, 0.3) is 0 Å². The van der Waals surface area contributed by atoms with Crippen molar-refractivity contribution in [3.8, 4) is 0 Å². The summed E-state index contributed by atoms with van der Waals surface area (Å²) >= 11 is 11.9. The molecule has 0 aliphatic heterocycles. The molecule has 2 aromatic heterocycles. The van der Waals surface area contributed by atoms with Crippen molar-refractivity contribution in [1.82, 2.24) is 14.8 Å². The number of nitrogens with zero attached hydrogens (tertiary/aromatic N) is 3. The van der Waals surface area contributed by atoms with Crippen LogP contribution in [0, 0.1) is 0 Å². The predicted molar refractivity (Wildman–Crippen MR) is 77.5 cm³/mol. The summed E-state index contributed by atoms with van der Waals surface area (Å²) in [6.07, 6.45) is 4.09. The number of hydrogen-bond acceptors (Lipinski definition) is 3. The minimum absolute atomic E-state index is 0.291. The Hall–Kier alpha value is -1.10. The van der Waals surface area contributed by atoms with Gasteiger partial charge in [-0.25, -0.2) is 0 Å². The minimum Gasteiger partial charge on any atom is -0.322 e. The highest BCUT2D eigenvalue weighted by atomic mass is 35.5. The first-order valence-electron chi connectivity index (χ1n) is 6.08. The molecule has 2 heterocycles. The van der Waals surface area contributed by atoms with Crippen molar-refractivity contribution < 1.29 is 0 Å². The van der Waals surface area contributed by atoms with Gasteiger partial charge in [0, 0.05) is 24.9 Å². The normalized spacial score (nSPS) is 12.9. The maximum absolute atomic E-state index is 6.12. The molecule has 4 nitrogen and oxygen atoms in total. The van der Waals surface area contributed by atoms with E-state index in [1.807, 2.05) is 16.9 Å². The van der Waals surface area contributed by atoms with E-state index < -0.39 is 0 Å². The Labute approximate surface area is 122 Å². The van der Waals surface area contributed by atoms with E-state index in [1.165, 1.54) is 0 Å². The van der Waals surface area contributed by atoms with E-state index in [2.05, 4.69) is 23.9 Å². The Morgan fingerprint density at radius 3 is 2.68 bits per heavy atom. The van der Waals surface area contributed by atoms with Crippen LogP contribution in [0.4, 0.5) is 0 Å². The van der Waals surface area contributed by atoms with Crippen LogP contribution >= 0.6 is 23.2 Å². The maximum Gasteiger partial charge on any atom is 0.0761 e. The molecule has 102 valence electrons. The van der Waals surface area contributed by atoms with Crippen LogP contribution in [0.25, 0.3) is 0 Å². The average molecular weight is 299 g/mol. The van der Waals surface area contributed by atoms with Crippen molar-refractivity contribution in [2.24, 2.45) is 5.73 Å². The largest absolute Gasteiger partial charge is 0.322 e.